The fourth-order valence-corrected chi connectivity index (χ4v) is 2.64. The van der Waals surface area contributed by atoms with E-state index in [-0.39, 0.29) is 25.8 Å². The maximum Gasteiger partial charge on any atom is 0.433 e. The number of alkyl halides is 9. The first-order chi connectivity index (χ1) is 15.2. The van der Waals surface area contributed by atoms with Crippen LogP contribution < -0.4 is 10.4 Å². The van der Waals surface area contributed by atoms with E-state index in [1.165, 1.54) is 6.92 Å². The Morgan fingerprint density at radius 1 is 0.879 bits per heavy atom. The SMILES string of the molecule is CCOCCOc1cc(C(F)(F)F)nc(=Nc2ccc(C(F)(F)F)cc2C(F)(F)F)n1CC. The summed E-state index contributed by atoms with van der Waals surface area (Å²) in [4.78, 5) is 6.81. The normalized spacial score (nSPS) is 13.5. The molecule has 0 aliphatic carbocycles. The third-order valence-electron chi connectivity index (χ3n) is 4.13. The molecule has 0 N–H and O–H groups in total. The number of benzene rings is 1. The van der Waals surface area contributed by atoms with E-state index in [0.29, 0.717) is 24.8 Å². The van der Waals surface area contributed by atoms with Crippen molar-refractivity contribution in [2.45, 2.75) is 38.9 Å². The van der Waals surface area contributed by atoms with Gasteiger partial charge in [0.15, 0.2) is 11.6 Å². The lowest BCUT2D eigenvalue weighted by Crippen LogP contribution is -2.29. The molecule has 0 radical (unpaired) electrons. The Labute approximate surface area is 181 Å². The first kappa shape index (κ1) is 26.5. The largest absolute Gasteiger partial charge is 0.476 e. The molecule has 184 valence electrons. The topological polar surface area (TPSA) is 48.6 Å². The molecular formula is C19H18F9N3O2. The molecule has 2 rings (SSSR count). The maximum absolute atomic E-state index is 13.4. The fourth-order valence-electron chi connectivity index (χ4n) is 2.64. The summed E-state index contributed by atoms with van der Waals surface area (Å²) >= 11 is 0. The standard InChI is InChI=1S/C19H18F9N3O2/c1-3-31-15(33-8-7-32-4-2)10-14(19(26,27)28)30-16(31)29-13-6-5-11(17(20,21)22)9-12(13)18(23,24)25/h5-6,9-10H,3-4,7-8H2,1-2H3. The molecular weight excluding hydrogens is 473 g/mol. The van der Waals surface area contributed by atoms with Gasteiger partial charge in [0.2, 0.25) is 5.62 Å². The molecule has 2 aromatic rings. The molecule has 0 spiro atoms. The molecule has 0 fully saturated rings. The molecule has 33 heavy (non-hydrogen) atoms. The number of aromatic nitrogens is 2. The summed E-state index contributed by atoms with van der Waals surface area (Å²) < 4.78 is 130. The van der Waals surface area contributed by atoms with Crippen LogP contribution in [0.4, 0.5) is 45.2 Å². The quantitative estimate of drug-likeness (QED) is 0.374. The molecule has 0 unspecified atom stereocenters. The van der Waals surface area contributed by atoms with Crippen molar-refractivity contribution in [3.05, 3.63) is 46.7 Å². The highest BCUT2D eigenvalue weighted by Gasteiger charge is 2.39. The Morgan fingerprint density at radius 3 is 2.06 bits per heavy atom. The van der Waals surface area contributed by atoms with Crippen LogP contribution in [0.25, 0.3) is 0 Å². The van der Waals surface area contributed by atoms with Crippen molar-refractivity contribution in [2.75, 3.05) is 19.8 Å². The summed E-state index contributed by atoms with van der Waals surface area (Å²) in [5.41, 5.74) is -6.74. The number of nitrogens with zero attached hydrogens (tertiary/aromatic N) is 3. The third kappa shape index (κ3) is 6.85. The summed E-state index contributed by atoms with van der Waals surface area (Å²) in [6, 6.07) is 1.15. The highest BCUT2D eigenvalue weighted by atomic mass is 19.4. The molecule has 1 aromatic carbocycles. The van der Waals surface area contributed by atoms with Gasteiger partial charge in [0.25, 0.3) is 0 Å². The van der Waals surface area contributed by atoms with Crippen LogP contribution in [0.1, 0.15) is 30.7 Å². The molecule has 0 atom stereocenters. The van der Waals surface area contributed by atoms with Crippen LogP contribution in [-0.4, -0.2) is 29.4 Å². The Kier molecular flexibility index (Phi) is 8.04. The predicted molar refractivity (Wildman–Crippen MR) is 96.6 cm³/mol. The summed E-state index contributed by atoms with van der Waals surface area (Å²) in [6.07, 6.45) is -15.3. The van der Waals surface area contributed by atoms with E-state index in [1.54, 1.807) is 6.92 Å². The minimum atomic E-state index is -5.27. The molecule has 1 heterocycles. The van der Waals surface area contributed by atoms with Crippen molar-refractivity contribution in [2.24, 2.45) is 4.99 Å². The first-order valence-corrected chi connectivity index (χ1v) is 9.41. The molecule has 14 heteroatoms. The Balaban J connectivity index is 2.75. The van der Waals surface area contributed by atoms with E-state index >= 15 is 0 Å². The highest BCUT2D eigenvalue weighted by Crippen LogP contribution is 2.40. The van der Waals surface area contributed by atoms with Gasteiger partial charge in [-0.1, -0.05) is 0 Å². The van der Waals surface area contributed by atoms with Gasteiger partial charge >= 0.3 is 18.5 Å². The molecule has 5 nitrogen and oxygen atoms in total. The lowest BCUT2D eigenvalue weighted by molar-refractivity contribution is -0.143. The number of rotatable bonds is 7. The van der Waals surface area contributed by atoms with Gasteiger partial charge in [0, 0.05) is 19.2 Å². The minimum absolute atomic E-state index is 0.0213. The van der Waals surface area contributed by atoms with Crippen molar-refractivity contribution >= 4 is 5.69 Å². The van der Waals surface area contributed by atoms with Crippen LogP contribution in [0.5, 0.6) is 5.88 Å². The van der Waals surface area contributed by atoms with E-state index in [9.17, 15) is 39.5 Å². The van der Waals surface area contributed by atoms with Crippen LogP contribution in [0.2, 0.25) is 0 Å². The molecule has 0 amide bonds. The predicted octanol–water partition coefficient (Wildman–Crippen LogP) is 5.61. The van der Waals surface area contributed by atoms with Crippen molar-refractivity contribution in [1.82, 2.24) is 9.55 Å². The summed E-state index contributed by atoms with van der Waals surface area (Å²) in [7, 11) is 0. The van der Waals surface area contributed by atoms with Gasteiger partial charge in [0.05, 0.1) is 23.4 Å². The van der Waals surface area contributed by atoms with Gasteiger partial charge in [-0.3, -0.25) is 4.57 Å². The second-order valence-corrected chi connectivity index (χ2v) is 6.41. The molecule has 1 aromatic heterocycles. The summed E-state index contributed by atoms with van der Waals surface area (Å²) in [5, 5.41) is 0. The van der Waals surface area contributed by atoms with Gasteiger partial charge in [0.1, 0.15) is 6.61 Å². The lowest BCUT2D eigenvalue weighted by Gasteiger charge is -2.17. The summed E-state index contributed by atoms with van der Waals surface area (Å²) in [6.45, 7) is 3.17. The highest BCUT2D eigenvalue weighted by molar-refractivity contribution is 5.50. The Bertz CT molecular complexity index is 1030. The van der Waals surface area contributed by atoms with Gasteiger partial charge in [-0.15, -0.1) is 0 Å². The van der Waals surface area contributed by atoms with Crippen LogP contribution in [0, 0.1) is 0 Å². The van der Waals surface area contributed by atoms with E-state index in [4.69, 9.17) is 9.47 Å². The number of ether oxygens (including phenoxy) is 2. The van der Waals surface area contributed by atoms with Crippen LogP contribution >= 0.6 is 0 Å². The van der Waals surface area contributed by atoms with Gasteiger partial charge in [-0.25, -0.2) is 9.98 Å². The van der Waals surface area contributed by atoms with Crippen molar-refractivity contribution in [3.8, 4) is 5.88 Å². The second-order valence-electron chi connectivity index (χ2n) is 6.41. The number of hydrogen-bond donors (Lipinski definition) is 0. The zero-order valence-electron chi connectivity index (χ0n) is 17.2. The minimum Gasteiger partial charge on any atom is -0.476 e. The second kappa shape index (κ2) is 10.0. The average molecular weight is 491 g/mol. The van der Waals surface area contributed by atoms with Crippen LogP contribution in [-0.2, 0) is 29.8 Å². The zero-order valence-corrected chi connectivity index (χ0v) is 17.2. The van der Waals surface area contributed by atoms with Crippen molar-refractivity contribution in [3.63, 3.8) is 0 Å². The van der Waals surface area contributed by atoms with Crippen molar-refractivity contribution in [1.29, 1.82) is 0 Å². The first-order valence-electron chi connectivity index (χ1n) is 9.41. The third-order valence-corrected chi connectivity index (χ3v) is 4.13. The Morgan fingerprint density at radius 2 is 1.55 bits per heavy atom. The monoisotopic (exact) mass is 491 g/mol. The molecule has 0 bridgehead atoms. The lowest BCUT2D eigenvalue weighted by atomic mass is 10.1. The van der Waals surface area contributed by atoms with E-state index in [0.717, 1.165) is 4.57 Å². The molecule has 0 saturated heterocycles. The van der Waals surface area contributed by atoms with Crippen LogP contribution in [0.3, 0.4) is 0 Å². The maximum atomic E-state index is 13.4. The average Bonchev–Trinajstić information content (AvgIpc) is 2.69. The van der Waals surface area contributed by atoms with E-state index in [2.05, 4.69) is 9.98 Å². The zero-order chi connectivity index (χ0) is 25.0. The van der Waals surface area contributed by atoms with Gasteiger partial charge < -0.3 is 9.47 Å². The van der Waals surface area contributed by atoms with E-state index < -0.39 is 52.5 Å². The molecule has 0 aliphatic heterocycles. The smallest absolute Gasteiger partial charge is 0.433 e. The van der Waals surface area contributed by atoms with E-state index in [1.807, 2.05) is 0 Å². The van der Waals surface area contributed by atoms with Gasteiger partial charge in [-0.2, -0.15) is 39.5 Å². The number of halogens is 9. The van der Waals surface area contributed by atoms with Crippen LogP contribution in [0.15, 0.2) is 29.3 Å². The Hall–Kier alpha value is -2.77. The number of hydrogen-bond acceptors (Lipinski definition) is 4. The van der Waals surface area contributed by atoms with Gasteiger partial charge in [-0.05, 0) is 32.0 Å². The summed E-state index contributed by atoms with van der Waals surface area (Å²) in [5.74, 6) is -0.404. The fraction of sp³-hybridized carbons (Fsp3) is 0.474. The molecule has 0 aliphatic rings. The van der Waals surface area contributed by atoms with Crippen molar-refractivity contribution < 1.29 is 49.0 Å². The molecule has 0 saturated carbocycles.